The quantitative estimate of drug-likeness (QED) is 0.781. The van der Waals surface area contributed by atoms with Gasteiger partial charge >= 0.3 is 6.03 Å². The average Bonchev–Trinajstić information content (AvgIpc) is 3.05. The van der Waals surface area contributed by atoms with Crippen molar-refractivity contribution in [1.82, 2.24) is 10.6 Å². The van der Waals surface area contributed by atoms with Crippen molar-refractivity contribution in [3.8, 4) is 0 Å². The van der Waals surface area contributed by atoms with Crippen LogP contribution in [0.15, 0.2) is 36.4 Å². The number of urea groups is 1. The van der Waals surface area contributed by atoms with Crippen LogP contribution in [0, 0.1) is 5.82 Å². The summed E-state index contributed by atoms with van der Waals surface area (Å²) in [7, 11) is 0. The van der Waals surface area contributed by atoms with Crippen molar-refractivity contribution in [3.63, 3.8) is 0 Å². The molecule has 1 aliphatic carbocycles. The molecule has 1 aliphatic heterocycles. The van der Waals surface area contributed by atoms with E-state index in [0.29, 0.717) is 0 Å². The zero-order chi connectivity index (χ0) is 19.1. The van der Waals surface area contributed by atoms with Crippen LogP contribution in [0.2, 0.25) is 10.0 Å². The largest absolute Gasteiger partial charge is 0.336 e. The highest BCUT2D eigenvalue weighted by Crippen LogP contribution is 2.49. The van der Waals surface area contributed by atoms with Gasteiger partial charge in [-0.25, -0.2) is 9.18 Å². The van der Waals surface area contributed by atoms with E-state index in [9.17, 15) is 14.0 Å². The van der Waals surface area contributed by atoms with Crippen LogP contribution < -0.4 is 10.6 Å². The number of ketones is 1. The van der Waals surface area contributed by atoms with E-state index in [-0.39, 0.29) is 41.6 Å². The molecular weight excluding hydrogens is 390 g/mol. The number of Topliss-reactive ketones (excluding diaryl/α,β-unsaturated/α-hetero) is 1. The van der Waals surface area contributed by atoms with E-state index in [1.165, 1.54) is 6.07 Å². The third kappa shape index (κ3) is 3.42. The molecule has 1 saturated heterocycles. The molecule has 2 amide bonds. The summed E-state index contributed by atoms with van der Waals surface area (Å²) in [6.45, 7) is 0.279. The number of carbonyl (C=O) groups is 2. The molecule has 0 saturated carbocycles. The second kappa shape index (κ2) is 7.13. The summed E-state index contributed by atoms with van der Waals surface area (Å²) in [4.78, 5) is 24.1. The monoisotopic (exact) mass is 406 g/mol. The van der Waals surface area contributed by atoms with E-state index < -0.39 is 11.9 Å². The lowest BCUT2D eigenvalue weighted by Crippen LogP contribution is -2.36. The van der Waals surface area contributed by atoms with Crippen molar-refractivity contribution in [1.29, 1.82) is 0 Å². The normalized spacial score (nSPS) is 21.7. The number of hydrogen-bond donors (Lipinski definition) is 2. The minimum atomic E-state index is -0.546. The van der Waals surface area contributed by atoms with Gasteiger partial charge in [-0.1, -0.05) is 41.4 Å². The van der Waals surface area contributed by atoms with Crippen LogP contribution in [0.4, 0.5) is 9.18 Å². The van der Waals surface area contributed by atoms with Crippen molar-refractivity contribution >= 4 is 35.0 Å². The maximum Gasteiger partial charge on any atom is 0.315 e. The van der Waals surface area contributed by atoms with Gasteiger partial charge in [0.05, 0.1) is 5.02 Å². The predicted molar refractivity (Wildman–Crippen MR) is 102 cm³/mol. The van der Waals surface area contributed by atoms with Crippen LogP contribution in [0.1, 0.15) is 34.9 Å². The lowest BCUT2D eigenvalue weighted by Gasteiger charge is -2.37. The van der Waals surface area contributed by atoms with Gasteiger partial charge in [-0.3, -0.25) is 4.79 Å². The Morgan fingerprint density at radius 2 is 2.04 bits per heavy atom. The van der Waals surface area contributed by atoms with E-state index in [1.54, 1.807) is 12.1 Å². The lowest BCUT2D eigenvalue weighted by molar-refractivity contribution is -0.120. The SMILES string of the molecule is O=C1NC[C@@H](C(=O)CC(c2ccc(F)c(Cl)c2)C2Cc3c(Cl)cccc32)N1. The Balaban J connectivity index is 1.64. The third-order valence-corrected chi connectivity index (χ3v) is 6.06. The van der Waals surface area contributed by atoms with Gasteiger partial charge in [-0.15, -0.1) is 0 Å². The van der Waals surface area contributed by atoms with E-state index in [0.717, 1.165) is 28.1 Å². The smallest absolute Gasteiger partial charge is 0.315 e. The number of fused-ring (bicyclic) bond motifs is 1. The first kappa shape index (κ1) is 18.3. The zero-order valence-corrected chi connectivity index (χ0v) is 15.8. The molecule has 2 aromatic rings. The zero-order valence-electron chi connectivity index (χ0n) is 14.3. The number of hydrogen-bond acceptors (Lipinski definition) is 2. The highest BCUT2D eigenvalue weighted by molar-refractivity contribution is 6.31. The molecule has 2 N–H and O–H groups in total. The molecule has 2 aromatic carbocycles. The Hall–Kier alpha value is -2.11. The van der Waals surface area contributed by atoms with Crippen LogP contribution >= 0.6 is 23.2 Å². The van der Waals surface area contributed by atoms with Crippen molar-refractivity contribution in [2.75, 3.05) is 6.54 Å². The fourth-order valence-corrected chi connectivity index (χ4v) is 4.39. The van der Waals surface area contributed by atoms with Crippen molar-refractivity contribution in [3.05, 3.63) is 69.0 Å². The van der Waals surface area contributed by atoms with Gasteiger partial charge < -0.3 is 10.6 Å². The molecule has 140 valence electrons. The van der Waals surface area contributed by atoms with Gasteiger partial charge in [-0.2, -0.15) is 0 Å². The molecule has 1 fully saturated rings. The topological polar surface area (TPSA) is 58.2 Å². The number of benzene rings is 2. The first-order valence-electron chi connectivity index (χ1n) is 8.73. The summed E-state index contributed by atoms with van der Waals surface area (Å²) in [6.07, 6.45) is 0.975. The Bertz CT molecular complexity index is 934. The number of amides is 2. The standard InChI is InChI=1S/C20H17Cl2FN2O2/c21-15-3-1-2-11-13(7-14(11)15)12(10-4-5-17(23)16(22)6-10)8-19(26)18-9-24-20(27)25-18/h1-6,12-13,18H,7-9H2,(H2,24,25,27)/t12?,13?,18-/m0/s1. The summed E-state index contributed by atoms with van der Waals surface area (Å²) in [5.41, 5.74) is 3.00. The Morgan fingerprint density at radius 1 is 1.22 bits per heavy atom. The van der Waals surface area contributed by atoms with Gasteiger partial charge in [0.25, 0.3) is 0 Å². The number of nitrogens with one attached hydrogen (secondary N) is 2. The average molecular weight is 407 g/mol. The summed E-state index contributed by atoms with van der Waals surface area (Å²) < 4.78 is 13.6. The molecule has 0 spiro atoms. The highest BCUT2D eigenvalue weighted by Gasteiger charge is 2.38. The molecule has 0 aromatic heterocycles. The van der Waals surface area contributed by atoms with E-state index in [4.69, 9.17) is 23.2 Å². The van der Waals surface area contributed by atoms with Gasteiger partial charge in [0.2, 0.25) is 0 Å². The predicted octanol–water partition coefficient (Wildman–Crippen LogP) is 4.20. The van der Waals surface area contributed by atoms with Gasteiger partial charge in [0.15, 0.2) is 5.78 Å². The van der Waals surface area contributed by atoms with Gasteiger partial charge in [-0.05, 0) is 53.1 Å². The first-order chi connectivity index (χ1) is 12.9. The van der Waals surface area contributed by atoms with Crippen LogP contribution in [-0.2, 0) is 11.2 Å². The maximum absolute atomic E-state index is 13.6. The Morgan fingerprint density at radius 3 is 2.74 bits per heavy atom. The minimum absolute atomic E-state index is 0.0337. The Kier molecular flexibility index (Phi) is 4.82. The minimum Gasteiger partial charge on any atom is -0.336 e. The van der Waals surface area contributed by atoms with Crippen LogP contribution in [0.5, 0.6) is 0 Å². The molecule has 0 bridgehead atoms. The molecule has 4 nitrogen and oxygen atoms in total. The molecule has 4 rings (SSSR count). The summed E-state index contributed by atoms with van der Waals surface area (Å²) in [5.74, 6) is -0.627. The first-order valence-corrected chi connectivity index (χ1v) is 9.49. The third-order valence-electron chi connectivity index (χ3n) is 5.42. The summed E-state index contributed by atoms with van der Waals surface area (Å²) in [5, 5.41) is 5.98. The molecule has 27 heavy (non-hydrogen) atoms. The Labute approximate surface area is 166 Å². The van der Waals surface area contributed by atoms with Gasteiger partial charge in [0, 0.05) is 18.0 Å². The van der Waals surface area contributed by atoms with E-state index >= 15 is 0 Å². The number of halogens is 3. The van der Waals surface area contributed by atoms with Crippen molar-refractivity contribution in [2.45, 2.75) is 30.7 Å². The second-order valence-electron chi connectivity index (χ2n) is 6.98. The van der Waals surface area contributed by atoms with E-state index in [2.05, 4.69) is 10.6 Å². The second-order valence-corrected chi connectivity index (χ2v) is 7.79. The summed E-state index contributed by atoms with van der Waals surface area (Å²) >= 11 is 12.2. The van der Waals surface area contributed by atoms with Crippen LogP contribution in [0.3, 0.4) is 0 Å². The maximum atomic E-state index is 13.6. The fraction of sp³-hybridized carbons (Fsp3) is 0.300. The van der Waals surface area contributed by atoms with Crippen molar-refractivity contribution < 1.29 is 14.0 Å². The molecule has 3 atom stereocenters. The summed E-state index contributed by atoms with van der Waals surface area (Å²) in [6, 6.07) is 9.46. The lowest BCUT2D eigenvalue weighted by atomic mass is 9.67. The van der Waals surface area contributed by atoms with Crippen LogP contribution in [0.25, 0.3) is 0 Å². The molecule has 0 radical (unpaired) electrons. The molecule has 2 aliphatic rings. The molecule has 1 heterocycles. The fourth-order valence-electron chi connectivity index (χ4n) is 3.94. The number of carbonyl (C=O) groups excluding carboxylic acids is 2. The highest BCUT2D eigenvalue weighted by atomic mass is 35.5. The number of rotatable bonds is 5. The molecule has 2 unspecified atom stereocenters. The van der Waals surface area contributed by atoms with Crippen molar-refractivity contribution in [2.24, 2.45) is 0 Å². The van der Waals surface area contributed by atoms with Gasteiger partial charge in [0.1, 0.15) is 11.9 Å². The molecular formula is C20H17Cl2FN2O2. The van der Waals surface area contributed by atoms with E-state index in [1.807, 2.05) is 18.2 Å². The molecule has 7 heteroatoms. The van der Waals surface area contributed by atoms with Crippen LogP contribution in [-0.4, -0.2) is 24.4 Å².